The smallest absolute Gasteiger partial charge is 0.225 e. The molecule has 1 saturated heterocycles. The molecule has 0 amide bonds. The third-order valence-electron chi connectivity index (χ3n) is 5.91. The van der Waals surface area contributed by atoms with Gasteiger partial charge in [0.1, 0.15) is 23.1 Å². The first kappa shape index (κ1) is 20.0. The second-order valence-corrected chi connectivity index (χ2v) is 8.00. The van der Waals surface area contributed by atoms with Gasteiger partial charge in [0.15, 0.2) is 0 Å². The van der Waals surface area contributed by atoms with Gasteiger partial charge in [-0.05, 0) is 43.9 Å². The topological polar surface area (TPSA) is 109 Å². The van der Waals surface area contributed by atoms with E-state index in [0.717, 1.165) is 60.5 Å². The van der Waals surface area contributed by atoms with Gasteiger partial charge in [-0.25, -0.2) is 24.6 Å². The first-order valence-electron chi connectivity index (χ1n) is 10.8. The van der Waals surface area contributed by atoms with E-state index in [1.54, 1.807) is 13.0 Å². The number of rotatable bonds is 4. The van der Waals surface area contributed by atoms with E-state index in [9.17, 15) is 5.26 Å². The normalized spacial score (nSPS) is 14.6. The van der Waals surface area contributed by atoms with Gasteiger partial charge < -0.3 is 4.90 Å². The molecule has 0 radical (unpaired) electrons. The quantitative estimate of drug-likeness (QED) is 0.490. The summed E-state index contributed by atoms with van der Waals surface area (Å²) in [5.74, 6) is 1.37. The Balaban J connectivity index is 1.35. The summed E-state index contributed by atoms with van der Waals surface area (Å²) in [6, 6.07) is 10.1. The molecule has 0 atom stereocenters. The zero-order valence-electron chi connectivity index (χ0n) is 18.1. The number of hydrogen-bond donors (Lipinski definition) is 0. The van der Waals surface area contributed by atoms with E-state index < -0.39 is 0 Å². The van der Waals surface area contributed by atoms with Crippen LogP contribution in [0.1, 0.15) is 42.9 Å². The van der Waals surface area contributed by atoms with Crippen molar-refractivity contribution in [2.75, 3.05) is 18.0 Å². The number of nitrogens with zero attached hydrogens (tertiary/aromatic N) is 9. The molecule has 0 spiro atoms. The Kier molecular flexibility index (Phi) is 5.19. The maximum Gasteiger partial charge on any atom is 0.225 e. The van der Waals surface area contributed by atoms with Crippen LogP contribution in [0.4, 0.5) is 5.95 Å². The summed E-state index contributed by atoms with van der Waals surface area (Å²) in [6.45, 7) is 5.65. The highest BCUT2D eigenvalue weighted by Crippen LogP contribution is 2.29. The monoisotopic (exact) mass is 425 g/mol. The van der Waals surface area contributed by atoms with E-state index in [1.807, 2.05) is 35.3 Å². The Morgan fingerprint density at radius 1 is 1.09 bits per heavy atom. The first-order valence-corrected chi connectivity index (χ1v) is 10.8. The zero-order chi connectivity index (χ0) is 22.1. The highest BCUT2D eigenvalue weighted by atomic mass is 15.4. The van der Waals surface area contributed by atoms with Crippen molar-refractivity contribution >= 4 is 17.0 Å². The Labute approximate surface area is 185 Å². The second kappa shape index (κ2) is 8.30. The van der Waals surface area contributed by atoms with Crippen LogP contribution in [0.5, 0.6) is 0 Å². The van der Waals surface area contributed by atoms with Crippen LogP contribution >= 0.6 is 0 Å². The van der Waals surface area contributed by atoms with Crippen molar-refractivity contribution < 1.29 is 0 Å². The van der Waals surface area contributed by atoms with Crippen LogP contribution in [0, 0.1) is 18.3 Å². The molecule has 160 valence electrons. The third-order valence-corrected chi connectivity index (χ3v) is 5.91. The Morgan fingerprint density at radius 3 is 2.59 bits per heavy atom. The van der Waals surface area contributed by atoms with Gasteiger partial charge in [0, 0.05) is 37.1 Å². The lowest BCUT2D eigenvalue weighted by molar-refractivity contribution is 0.367. The number of fused-ring (bicyclic) bond motifs is 1. The van der Waals surface area contributed by atoms with Crippen LogP contribution < -0.4 is 4.90 Å². The van der Waals surface area contributed by atoms with E-state index in [2.05, 4.69) is 48.1 Å². The van der Waals surface area contributed by atoms with E-state index >= 15 is 0 Å². The van der Waals surface area contributed by atoms with Crippen LogP contribution in [0.2, 0.25) is 0 Å². The number of hydrogen-bond acceptors (Lipinski definition) is 8. The van der Waals surface area contributed by atoms with E-state index in [-0.39, 0.29) is 6.04 Å². The molecule has 4 aromatic rings. The summed E-state index contributed by atoms with van der Waals surface area (Å²) in [6.07, 6.45) is 6.68. The summed E-state index contributed by atoms with van der Waals surface area (Å²) in [5, 5.41) is 18.1. The van der Waals surface area contributed by atoms with E-state index in [4.69, 9.17) is 0 Å². The third kappa shape index (κ3) is 3.75. The van der Waals surface area contributed by atoms with E-state index in [0.29, 0.717) is 17.2 Å². The minimum Gasteiger partial charge on any atom is -0.341 e. The second-order valence-electron chi connectivity index (χ2n) is 8.00. The summed E-state index contributed by atoms with van der Waals surface area (Å²) >= 11 is 0. The SMILES string of the molecule is CCc1cnc(N2CCC(n3nnc4cc(-c5cc(C#N)nc(C)n5)ccc43)CC2)nc1. The van der Waals surface area contributed by atoms with E-state index in [1.165, 1.54) is 0 Å². The molecular weight excluding hydrogens is 402 g/mol. The minimum absolute atomic E-state index is 0.281. The molecule has 5 rings (SSSR count). The summed E-state index contributed by atoms with van der Waals surface area (Å²) < 4.78 is 2.03. The molecule has 0 N–H and O–H groups in total. The Morgan fingerprint density at radius 2 is 1.88 bits per heavy atom. The van der Waals surface area contributed by atoms with Gasteiger partial charge in [0.2, 0.25) is 5.95 Å². The molecule has 0 saturated carbocycles. The summed E-state index contributed by atoms with van der Waals surface area (Å²) in [5.41, 5.74) is 4.94. The molecule has 9 nitrogen and oxygen atoms in total. The van der Waals surface area contributed by atoms with Crippen molar-refractivity contribution in [1.82, 2.24) is 34.9 Å². The number of aromatic nitrogens is 7. The van der Waals surface area contributed by atoms with Crippen LogP contribution in [-0.4, -0.2) is 48.0 Å². The molecule has 1 aliphatic rings. The van der Waals surface area contributed by atoms with Crippen molar-refractivity contribution in [1.29, 1.82) is 5.26 Å². The van der Waals surface area contributed by atoms with Gasteiger partial charge in [0.25, 0.3) is 0 Å². The fraction of sp³-hybridized carbons (Fsp3) is 0.348. The molecule has 0 bridgehead atoms. The Bertz CT molecular complexity index is 1300. The van der Waals surface area contributed by atoms with Gasteiger partial charge in [-0.15, -0.1) is 5.10 Å². The maximum absolute atomic E-state index is 9.19. The van der Waals surface area contributed by atoms with Gasteiger partial charge in [0.05, 0.1) is 17.3 Å². The molecule has 0 unspecified atom stereocenters. The van der Waals surface area contributed by atoms with Gasteiger partial charge in [-0.3, -0.25) is 0 Å². The van der Waals surface area contributed by atoms with Crippen LogP contribution in [-0.2, 0) is 6.42 Å². The summed E-state index contributed by atoms with van der Waals surface area (Å²) in [7, 11) is 0. The van der Waals surface area contributed by atoms with Crippen molar-refractivity contribution in [2.45, 2.75) is 39.2 Å². The largest absolute Gasteiger partial charge is 0.341 e. The molecule has 1 fully saturated rings. The minimum atomic E-state index is 0.281. The molecular formula is C23H23N9. The lowest BCUT2D eigenvalue weighted by atomic mass is 10.0. The van der Waals surface area contributed by atoms with Crippen LogP contribution in [0.3, 0.4) is 0 Å². The van der Waals surface area contributed by atoms with Crippen molar-refractivity contribution in [3.05, 3.63) is 53.7 Å². The highest BCUT2D eigenvalue weighted by Gasteiger charge is 2.24. The molecule has 1 aliphatic heterocycles. The van der Waals surface area contributed by atoms with Crippen LogP contribution in [0.25, 0.3) is 22.3 Å². The fourth-order valence-electron chi connectivity index (χ4n) is 4.15. The van der Waals surface area contributed by atoms with Gasteiger partial charge in [-0.1, -0.05) is 18.2 Å². The molecule has 32 heavy (non-hydrogen) atoms. The average molecular weight is 426 g/mol. The number of aryl methyl sites for hydroxylation is 2. The molecule has 3 aromatic heterocycles. The maximum atomic E-state index is 9.19. The highest BCUT2D eigenvalue weighted by molar-refractivity contribution is 5.80. The van der Waals surface area contributed by atoms with Crippen molar-refractivity contribution in [3.63, 3.8) is 0 Å². The average Bonchev–Trinajstić information content (AvgIpc) is 3.27. The number of piperidine rings is 1. The number of anilines is 1. The Hall–Kier alpha value is -3.93. The predicted molar refractivity (Wildman–Crippen MR) is 120 cm³/mol. The molecule has 9 heteroatoms. The number of benzene rings is 1. The van der Waals surface area contributed by atoms with Crippen molar-refractivity contribution in [3.8, 4) is 17.3 Å². The standard InChI is InChI=1S/C23H23N9/c1-3-16-13-25-23(26-14-16)31-8-6-19(7-9-31)32-22-5-4-17(10-21(22)29-30-32)20-11-18(12-24)27-15(2)28-20/h4-5,10-11,13-14,19H,3,6-9H2,1-2H3. The lowest BCUT2D eigenvalue weighted by Gasteiger charge is -2.32. The van der Waals surface area contributed by atoms with Gasteiger partial charge in [-0.2, -0.15) is 5.26 Å². The first-order chi connectivity index (χ1) is 15.6. The molecule has 4 heterocycles. The van der Waals surface area contributed by atoms with Gasteiger partial charge >= 0.3 is 0 Å². The number of nitriles is 1. The van der Waals surface area contributed by atoms with Crippen LogP contribution in [0.15, 0.2) is 36.7 Å². The zero-order valence-corrected chi connectivity index (χ0v) is 18.1. The summed E-state index contributed by atoms with van der Waals surface area (Å²) in [4.78, 5) is 19.9. The predicted octanol–water partition coefficient (Wildman–Crippen LogP) is 3.26. The fourth-order valence-corrected chi connectivity index (χ4v) is 4.15. The van der Waals surface area contributed by atoms with Crippen molar-refractivity contribution in [2.24, 2.45) is 0 Å². The molecule has 1 aromatic carbocycles. The molecule has 0 aliphatic carbocycles. The lowest BCUT2D eigenvalue weighted by Crippen LogP contribution is -2.36.